The van der Waals surface area contributed by atoms with Gasteiger partial charge >= 0.3 is 0 Å². The van der Waals surface area contributed by atoms with E-state index in [2.05, 4.69) is 169 Å². The van der Waals surface area contributed by atoms with Crippen LogP contribution in [0.5, 0.6) is 0 Å². The summed E-state index contributed by atoms with van der Waals surface area (Å²) in [6.07, 6.45) is 0. The lowest BCUT2D eigenvalue weighted by Gasteiger charge is -2.25. The molecule has 42 heavy (non-hydrogen) atoms. The normalized spacial score (nSPS) is 11.3. The van der Waals surface area contributed by atoms with Crippen molar-refractivity contribution in [3.05, 3.63) is 164 Å². The monoisotopic (exact) mass is 537 g/mol. The predicted octanol–water partition coefficient (Wildman–Crippen LogP) is 11.5. The fourth-order valence-electron chi connectivity index (χ4n) is 6.13. The maximum absolute atomic E-state index is 6.73. The number of hydrogen-bond donors (Lipinski definition) is 0. The molecule has 0 fully saturated rings. The molecule has 0 aliphatic carbocycles. The SMILES string of the molecule is c1ccc(-c2ccc(N(c3ccccc3)c3cccc4c3oc3cccc(-c5cccc6ccccc56)c34)cc2)cc1. The molecule has 1 heterocycles. The lowest BCUT2D eigenvalue weighted by Crippen LogP contribution is -2.10. The first-order valence-corrected chi connectivity index (χ1v) is 14.3. The van der Waals surface area contributed by atoms with Gasteiger partial charge in [-0.3, -0.25) is 0 Å². The molecule has 2 heteroatoms. The van der Waals surface area contributed by atoms with Gasteiger partial charge in [0, 0.05) is 22.1 Å². The molecule has 0 N–H and O–H groups in total. The number of furan rings is 1. The number of nitrogens with zero attached hydrogens (tertiary/aromatic N) is 1. The number of rotatable bonds is 5. The number of anilines is 3. The lowest BCUT2D eigenvalue weighted by atomic mass is 9.94. The lowest BCUT2D eigenvalue weighted by molar-refractivity contribution is 0.669. The average Bonchev–Trinajstić information content (AvgIpc) is 3.46. The molecule has 0 aliphatic heterocycles. The molecule has 0 unspecified atom stereocenters. The Hall–Kier alpha value is -5.60. The molecule has 0 spiro atoms. The van der Waals surface area contributed by atoms with Gasteiger partial charge in [0.05, 0.1) is 5.69 Å². The van der Waals surface area contributed by atoms with Crippen molar-refractivity contribution in [3.63, 3.8) is 0 Å². The molecule has 0 atom stereocenters. The van der Waals surface area contributed by atoms with Crippen molar-refractivity contribution in [1.29, 1.82) is 0 Å². The highest BCUT2D eigenvalue weighted by atomic mass is 16.3. The summed E-state index contributed by atoms with van der Waals surface area (Å²) < 4.78 is 6.73. The van der Waals surface area contributed by atoms with Gasteiger partial charge in [0.2, 0.25) is 0 Å². The van der Waals surface area contributed by atoms with Crippen LogP contribution in [0.3, 0.4) is 0 Å². The third-order valence-electron chi connectivity index (χ3n) is 8.07. The van der Waals surface area contributed by atoms with Gasteiger partial charge in [-0.1, -0.05) is 127 Å². The van der Waals surface area contributed by atoms with E-state index in [1.165, 1.54) is 33.0 Å². The second-order valence-electron chi connectivity index (χ2n) is 10.5. The van der Waals surface area contributed by atoms with Crippen LogP contribution in [0.15, 0.2) is 168 Å². The Morgan fingerprint density at radius 3 is 1.83 bits per heavy atom. The molecule has 0 aliphatic rings. The summed E-state index contributed by atoms with van der Waals surface area (Å²) in [4.78, 5) is 2.29. The number of fused-ring (bicyclic) bond motifs is 4. The van der Waals surface area contributed by atoms with Crippen molar-refractivity contribution < 1.29 is 4.42 Å². The van der Waals surface area contributed by atoms with Crippen LogP contribution in [0.1, 0.15) is 0 Å². The Bertz CT molecular complexity index is 2170. The van der Waals surface area contributed by atoms with Crippen molar-refractivity contribution in [2.45, 2.75) is 0 Å². The molecule has 0 saturated carbocycles. The van der Waals surface area contributed by atoms with E-state index in [0.717, 1.165) is 39.0 Å². The molecule has 2 nitrogen and oxygen atoms in total. The van der Waals surface area contributed by atoms with Crippen molar-refractivity contribution >= 4 is 49.8 Å². The third kappa shape index (κ3) is 4.05. The number of hydrogen-bond acceptors (Lipinski definition) is 2. The van der Waals surface area contributed by atoms with E-state index < -0.39 is 0 Å². The topological polar surface area (TPSA) is 16.4 Å². The molecule has 0 saturated heterocycles. The van der Waals surface area contributed by atoms with Crippen molar-refractivity contribution in [3.8, 4) is 22.3 Å². The summed E-state index contributed by atoms with van der Waals surface area (Å²) in [5, 5.41) is 4.71. The smallest absolute Gasteiger partial charge is 0.159 e. The summed E-state index contributed by atoms with van der Waals surface area (Å²) in [5.41, 5.74) is 9.69. The zero-order valence-electron chi connectivity index (χ0n) is 22.9. The van der Waals surface area contributed by atoms with Crippen LogP contribution in [0.25, 0.3) is 55.0 Å². The molecule has 7 aromatic carbocycles. The van der Waals surface area contributed by atoms with Crippen molar-refractivity contribution in [1.82, 2.24) is 0 Å². The minimum Gasteiger partial charge on any atom is -0.454 e. The van der Waals surface area contributed by atoms with E-state index in [1.54, 1.807) is 0 Å². The van der Waals surface area contributed by atoms with Crippen LogP contribution in [-0.4, -0.2) is 0 Å². The van der Waals surface area contributed by atoms with E-state index in [0.29, 0.717) is 0 Å². The summed E-state index contributed by atoms with van der Waals surface area (Å²) in [6.45, 7) is 0. The second kappa shape index (κ2) is 10.1. The minimum atomic E-state index is 0.871. The molecule has 0 bridgehead atoms. The van der Waals surface area contributed by atoms with E-state index in [-0.39, 0.29) is 0 Å². The zero-order valence-corrected chi connectivity index (χ0v) is 22.9. The highest BCUT2D eigenvalue weighted by molar-refractivity contribution is 6.17. The fraction of sp³-hybridized carbons (Fsp3) is 0. The molecule has 1 aromatic heterocycles. The van der Waals surface area contributed by atoms with Crippen LogP contribution in [-0.2, 0) is 0 Å². The molecule has 198 valence electrons. The van der Waals surface area contributed by atoms with Crippen LogP contribution >= 0.6 is 0 Å². The van der Waals surface area contributed by atoms with Gasteiger partial charge in [-0.15, -0.1) is 0 Å². The first-order chi connectivity index (χ1) is 20.8. The molecule has 8 rings (SSSR count). The van der Waals surface area contributed by atoms with Crippen LogP contribution in [0.4, 0.5) is 17.1 Å². The highest BCUT2D eigenvalue weighted by Gasteiger charge is 2.21. The van der Waals surface area contributed by atoms with E-state index in [4.69, 9.17) is 4.42 Å². The Morgan fingerprint density at radius 1 is 0.405 bits per heavy atom. The standard InChI is InChI=1S/C40H27NO/c1-3-12-28(13-4-1)29-24-26-32(27-25-29)41(31-16-5-2-6-17-31)37-22-10-21-36-39-35(20-11-23-38(39)42-40(36)37)34-19-9-15-30-14-7-8-18-33(30)34/h1-27H. The van der Waals surface area contributed by atoms with E-state index >= 15 is 0 Å². The van der Waals surface area contributed by atoms with Crippen molar-refractivity contribution in [2.24, 2.45) is 0 Å². The molecular formula is C40H27NO. The second-order valence-corrected chi connectivity index (χ2v) is 10.5. The van der Waals surface area contributed by atoms with Gasteiger partial charge in [-0.05, 0) is 69.4 Å². The summed E-state index contributed by atoms with van der Waals surface area (Å²) >= 11 is 0. The van der Waals surface area contributed by atoms with Crippen LogP contribution < -0.4 is 4.90 Å². The predicted molar refractivity (Wildman–Crippen MR) is 177 cm³/mol. The maximum Gasteiger partial charge on any atom is 0.159 e. The molecule has 0 amide bonds. The van der Waals surface area contributed by atoms with E-state index in [1.807, 2.05) is 0 Å². The fourth-order valence-corrected chi connectivity index (χ4v) is 6.13. The summed E-state index contributed by atoms with van der Waals surface area (Å²) in [7, 11) is 0. The van der Waals surface area contributed by atoms with Gasteiger partial charge in [-0.25, -0.2) is 0 Å². The minimum absolute atomic E-state index is 0.871. The van der Waals surface area contributed by atoms with E-state index in [9.17, 15) is 0 Å². The largest absolute Gasteiger partial charge is 0.454 e. The highest BCUT2D eigenvalue weighted by Crippen LogP contribution is 2.45. The van der Waals surface area contributed by atoms with Gasteiger partial charge in [-0.2, -0.15) is 0 Å². The molecule has 0 radical (unpaired) electrons. The van der Waals surface area contributed by atoms with Gasteiger partial charge in [0.1, 0.15) is 5.58 Å². The first-order valence-electron chi connectivity index (χ1n) is 14.3. The number of benzene rings is 7. The van der Waals surface area contributed by atoms with Gasteiger partial charge < -0.3 is 9.32 Å². The Morgan fingerprint density at radius 2 is 1.00 bits per heavy atom. The first kappa shape index (κ1) is 24.2. The molecule has 8 aromatic rings. The summed E-state index contributed by atoms with van der Waals surface area (Å²) in [5.74, 6) is 0. The third-order valence-corrected chi connectivity index (χ3v) is 8.07. The number of para-hydroxylation sites is 2. The van der Waals surface area contributed by atoms with Crippen LogP contribution in [0.2, 0.25) is 0 Å². The maximum atomic E-state index is 6.73. The summed E-state index contributed by atoms with van der Waals surface area (Å²) in [6, 6.07) is 57.7. The zero-order chi connectivity index (χ0) is 27.9. The molecular weight excluding hydrogens is 510 g/mol. The van der Waals surface area contributed by atoms with Crippen molar-refractivity contribution in [2.75, 3.05) is 4.90 Å². The Balaban J connectivity index is 1.34. The van der Waals surface area contributed by atoms with Gasteiger partial charge in [0.25, 0.3) is 0 Å². The quantitative estimate of drug-likeness (QED) is 0.217. The average molecular weight is 538 g/mol. The Kier molecular flexibility index (Phi) is 5.82. The Labute approximate surface area is 244 Å². The van der Waals surface area contributed by atoms with Crippen LogP contribution in [0, 0.1) is 0 Å². The van der Waals surface area contributed by atoms with Gasteiger partial charge in [0.15, 0.2) is 5.58 Å².